The third-order valence-corrected chi connectivity index (χ3v) is 5.82. The first kappa shape index (κ1) is 22.1. The second kappa shape index (κ2) is 8.79. The standard InChI is InChI=1S/C28H27NO4/c1-17-14-27(32)20(4)28(15-17)33-22-9-5-8-21(16-22)29(23-10-6-12-25(30)18(23)2)24-11-7-13-26(31)19(24)3/h5-16,30-32H,1-4H3. The Labute approximate surface area is 193 Å². The molecule has 0 radical (unpaired) electrons. The Hall–Kier alpha value is -4.12. The third-order valence-electron chi connectivity index (χ3n) is 5.82. The molecule has 4 rings (SSSR count). The lowest BCUT2D eigenvalue weighted by atomic mass is 10.1. The van der Waals surface area contributed by atoms with E-state index >= 15 is 0 Å². The van der Waals surface area contributed by atoms with Gasteiger partial charge in [0.1, 0.15) is 28.7 Å². The molecule has 0 heterocycles. The zero-order valence-electron chi connectivity index (χ0n) is 19.1. The van der Waals surface area contributed by atoms with Crippen LogP contribution < -0.4 is 9.64 Å². The van der Waals surface area contributed by atoms with Crippen LogP contribution in [0, 0.1) is 27.7 Å². The van der Waals surface area contributed by atoms with E-state index in [1.165, 1.54) is 0 Å². The second-order valence-electron chi connectivity index (χ2n) is 8.18. The summed E-state index contributed by atoms with van der Waals surface area (Å²) >= 11 is 0. The van der Waals surface area contributed by atoms with Gasteiger partial charge in [0, 0.05) is 28.4 Å². The van der Waals surface area contributed by atoms with Crippen LogP contribution in [0.1, 0.15) is 22.3 Å². The van der Waals surface area contributed by atoms with E-state index in [4.69, 9.17) is 4.74 Å². The zero-order chi connectivity index (χ0) is 23.7. The topological polar surface area (TPSA) is 73.2 Å². The molecule has 0 spiro atoms. The number of anilines is 3. The van der Waals surface area contributed by atoms with Crippen LogP contribution >= 0.6 is 0 Å². The van der Waals surface area contributed by atoms with E-state index < -0.39 is 0 Å². The number of benzene rings is 4. The molecule has 0 fully saturated rings. The number of hydrogen-bond acceptors (Lipinski definition) is 5. The largest absolute Gasteiger partial charge is 0.508 e. The molecule has 0 bridgehead atoms. The predicted molar refractivity (Wildman–Crippen MR) is 132 cm³/mol. The molecule has 3 N–H and O–H groups in total. The lowest BCUT2D eigenvalue weighted by molar-refractivity contribution is 0.447. The summed E-state index contributed by atoms with van der Waals surface area (Å²) in [5.74, 6) is 1.75. The van der Waals surface area contributed by atoms with Crippen LogP contribution in [-0.2, 0) is 0 Å². The molecule has 0 aliphatic carbocycles. The number of aromatic hydroxyl groups is 3. The summed E-state index contributed by atoms with van der Waals surface area (Å²) in [5, 5.41) is 30.9. The van der Waals surface area contributed by atoms with Crippen molar-refractivity contribution in [3.63, 3.8) is 0 Å². The molecule has 33 heavy (non-hydrogen) atoms. The van der Waals surface area contributed by atoms with Crippen LogP contribution in [0.3, 0.4) is 0 Å². The highest BCUT2D eigenvalue weighted by atomic mass is 16.5. The normalized spacial score (nSPS) is 10.8. The first-order valence-corrected chi connectivity index (χ1v) is 10.7. The summed E-state index contributed by atoms with van der Waals surface area (Å²) in [6.07, 6.45) is 0. The highest BCUT2D eigenvalue weighted by molar-refractivity contribution is 5.82. The van der Waals surface area contributed by atoms with Gasteiger partial charge in [-0.15, -0.1) is 0 Å². The van der Waals surface area contributed by atoms with Crippen LogP contribution in [0.25, 0.3) is 0 Å². The van der Waals surface area contributed by atoms with Crippen molar-refractivity contribution < 1.29 is 20.1 Å². The minimum absolute atomic E-state index is 0.188. The van der Waals surface area contributed by atoms with Gasteiger partial charge in [0.2, 0.25) is 0 Å². The van der Waals surface area contributed by atoms with Crippen molar-refractivity contribution in [2.24, 2.45) is 0 Å². The Bertz CT molecular complexity index is 1280. The van der Waals surface area contributed by atoms with Crippen molar-refractivity contribution in [3.05, 3.63) is 95.1 Å². The molecule has 4 aromatic carbocycles. The average Bonchev–Trinajstić information content (AvgIpc) is 2.78. The predicted octanol–water partition coefficient (Wildman–Crippen LogP) is 7.30. The van der Waals surface area contributed by atoms with E-state index in [-0.39, 0.29) is 17.2 Å². The number of aryl methyl sites for hydroxylation is 1. The van der Waals surface area contributed by atoms with E-state index in [1.54, 1.807) is 30.3 Å². The van der Waals surface area contributed by atoms with E-state index in [9.17, 15) is 15.3 Å². The van der Waals surface area contributed by atoms with E-state index in [0.29, 0.717) is 28.2 Å². The van der Waals surface area contributed by atoms with Gasteiger partial charge in [-0.25, -0.2) is 0 Å². The number of ether oxygens (including phenoxy) is 1. The summed E-state index contributed by atoms with van der Waals surface area (Å²) in [6, 6.07) is 21.9. The molecule has 4 aromatic rings. The number of phenols is 3. The summed E-state index contributed by atoms with van der Waals surface area (Å²) in [7, 11) is 0. The summed E-state index contributed by atoms with van der Waals surface area (Å²) in [4.78, 5) is 1.98. The minimum atomic E-state index is 0.188. The maximum absolute atomic E-state index is 10.4. The first-order chi connectivity index (χ1) is 15.8. The van der Waals surface area contributed by atoms with Crippen molar-refractivity contribution in [1.29, 1.82) is 0 Å². The summed E-state index contributed by atoms with van der Waals surface area (Å²) < 4.78 is 6.16. The smallest absolute Gasteiger partial charge is 0.134 e. The molecule has 5 heteroatoms. The van der Waals surface area contributed by atoms with Gasteiger partial charge < -0.3 is 25.0 Å². The fourth-order valence-electron chi connectivity index (χ4n) is 3.84. The third kappa shape index (κ3) is 4.30. The van der Waals surface area contributed by atoms with Gasteiger partial charge in [-0.05, 0) is 81.8 Å². The fourth-order valence-corrected chi connectivity index (χ4v) is 3.84. The van der Waals surface area contributed by atoms with E-state index in [2.05, 4.69) is 0 Å². The van der Waals surface area contributed by atoms with Gasteiger partial charge in [0.05, 0.1) is 11.4 Å². The molecule has 0 amide bonds. The number of nitrogens with zero attached hydrogens (tertiary/aromatic N) is 1. The number of hydrogen-bond donors (Lipinski definition) is 3. The monoisotopic (exact) mass is 441 g/mol. The quantitative estimate of drug-likeness (QED) is 0.303. The molecule has 5 nitrogen and oxygen atoms in total. The molecule has 0 atom stereocenters. The van der Waals surface area contributed by atoms with Crippen LogP contribution in [-0.4, -0.2) is 15.3 Å². The van der Waals surface area contributed by atoms with Gasteiger partial charge in [-0.2, -0.15) is 0 Å². The van der Waals surface area contributed by atoms with Crippen molar-refractivity contribution in [2.45, 2.75) is 27.7 Å². The first-order valence-electron chi connectivity index (χ1n) is 10.7. The van der Waals surface area contributed by atoms with Crippen LogP contribution in [0.4, 0.5) is 17.1 Å². The van der Waals surface area contributed by atoms with Crippen LogP contribution in [0.15, 0.2) is 72.8 Å². The maximum atomic E-state index is 10.4. The maximum Gasteiger partial charge on any atom is 0.134 e. The lowest BCUT2D eigenvalue weighted by Gasteiger charge is -2.29. The molecule has 0 aliphatic heterocycles. The fraction of sp³-hybridized carbons (Fsp3) is 0.143. The van der Waals surface area contributed by atoms with Crippen molar-refractivity contribution >= 4 is 17.1 Å². The van der Waals surface area contributed by atoms with E-state index in [1.807, 2.05) is 75.1 Å². The Morgan fingerprint density at radius 2 is 1.18 bits per heavy atom. The van der Waals surface area contributed by atoms with Crippen molar-refractivity contribution in [3.8, 4) is 28.7 Å². The Balaban J connectivity index is 1.85. The van der Waals surface area contributed by atoms with Crippen molar-refractivity contribution in [2.75, 3.05) is 4.90 Å². The SMILES string of the molecule is Cc1cc(O)c(C)c(Oc2cccc(N(c3cccc(O)c3C)c3cccc(O)c3C)c2)c1. The molecular weight excluding hydrogens is 414 g/mol. The molecule has 0 unspecified atom stereocenters. The van der Waals surface area contributed by atoms with Crippen LogP contribution in [0.2, 0.25) is 0 Å². The van der Waals surface area contributed by atoms with Gasteiger partial charge in [-0.3, -0.25) is 0 Å². The molecule has 168 valence electrons. The second-order valence-corrected chi connectivity index (χ2v) is 8.18. The molecule has 0 saturated heterocycles. The van der Waals surface area contributed by atoms with Gasteiger partial charge in [-0.1, -0.05) is 18.2 Å². The summed E-state index contributed by atoms with van der Waals surface area (Å²) in [6.45, 7) is 7.43. The summed E-state index contributed by atoms with van der Waals surface area (Å²) in [5.41, 5.74) is 5.35. The average molecular weight is 442 g/mol. The van der Waals surface area contributed by atoms with Gasteiger partial charge >= 0.3 is 0 Å². The molecule has 0 aromatic heterocycles. The Morgan fingerprint density at radius 3 is 1.79 bits per heavy atom. The van der Waals surface area contributed by atoms with Crippen molar-refractivity contribution in [1.82, 2.24) is 0 Å². The Kier molecular flexibility index (Phi) is 5.88. The minimum Gasteiger partial charge on any atom is -0.508 e. The lowest BCUT2D eigenvalue weighted by Crippen LogP contribution is -2.12. The Morgan fingerprint density at radius 1 is 0.606 bits per heavy atom. The number of rotatable bonds is 5. The highest BCUT2D eigenvalue weighted by Crippen LogP contribution is 2.43. The van der Waals surface area contributed by atoms with Gasteiger partial charge in [0.25, 0.3) is 0 Å². The van der Waals surface area contributed by atoms with E-state index in [0.717, 1.165) is 22.6 Å². The zero-order valence-corrected chi connectivity index (χ0v) is 19.1. The number of phenolic OH excluding ortho intramolecular Hbond substituents is 3. The molecule has 0 aliphatic rings. The molecular formula is C28H27NO4. The van der Waals surface area contributed by atoms with Gasteiger partial charge in [0.15, 0.2) is 0 Å². The highest BCUT2D eigenvalue weighted by Gasteiger charge is 2.20. The van der Waals surface area contributed by atoms with Crippen LogP contribution in [0.5, 0.6) is 28.7 Å². The molecule has 0 saturated carbocycles.